The van der Waals surface area contributed by atoms with Crippen LogP contribution in [0, 0.1) is 6.92 Å². The highest BCUT2D eigenvalue weighted by atomic mass is 32.2. The fourth-order valence-electron chi connectivity index (χ4n) is 3.13. The molecule has 0 aliphatic carbocycles. The van der Waals surface area contributed by atoms with Crippen LogP contribution in [-0.2, 0) is 10.0 Å². The molecule has 1 aromatic heterocycles. The van der Waals surface area contributed by atoms with Crippen molar-refractivity contribution in [2.45, 2.75) is 11.8 Å². The molecule has 0 spiro atoms. The van der Waals surface area contributed by atoms with Crippen molar-refractivity contribution in [3.05, 3.63) is 94.3 Å². The Kier molecular flexibility index (Phi) is 5.89. The molecule has 0 saturated carbocycles. The van der Waals surface area contributed by atoms with Crippen LogP contribution in [0.25, 0.3) is 11.0 Å². The molecule has 0 saturated heterocycles. The molecule has 3 aromatic carbocycles. The highest BCUT2D eigenvalue weighted by Gasteiger charge is 2.17. The van der Waals surface area contributed by atoms with Crippen LogP contribution in [0.4, 0.5) is 11.4 Å². The van der Waals surface area contributed by atoms with E-state index in [9.17, 15) is 18.0 Å². The molecule has 0 radical (unpaired) electrons. The number of carbonyl (C=O) groups excluding carboxylic acids is 1. The van der Waals surface area contributed by atoms with E-state index in [1.165, 1.54) is 37.4 Å². The Labute approximate surface area is 189 Å². The number of anilines is 2. The van der Waals surface area contributed by atoms with Gasteiger partial charge in [0.05, 0.1) is 12.0 Å². The van der Waals surface area contributed by atoms with Crippen molar-refractivity contribution < 1.29 is 22.4 Å². The summed E-state index contributed by atoms with van der Waals surface area (Å²) in [6, 6.07) is 18.9. The number of ether oxygens (including phenoxy) is 1. The van der Waals surface area contributed by atoms with Gasteiger partial charge in [-0.2, -0.15) is 0 Å². The summed E-state index contributed by atoms with van der Waals surface area (Å²) in [5.74, 6) is -0.149. The minimum atomic E-state index is -3.80. The normalized spacial score (nSPS) is 11.2. The van der Waals surface area contributed by atoms with Gasteiger partial charge in [0.2, 0.25) is 0 Å². The molecule has 0 fully saturated rings. The predicted molar refractivity (Wildman–Crippen MR) is 125 cm³/mol. The predicted octanol–water partition coefficient (Wildman–Crippen LogP) is 4.16. The fourth-order valence-corrected chi connectivity index (χ4v) is 4.19. The molecular formula is C24H20N2O6S. The average molecular weight is 464 g/mol. The summed E-state index contributed by atoms with van der Waals surface area (Å²) >= 11 is 0. The maximum absolute atomic E-state index is 12.6. The van der Waals surface area contributed by atoms with Gasteiger partial charge in [0, 0.05) is 22.8 Å². The lowest BCUT2D eigenvalue weighted by Crippen LogP contribution is -2.20. The second-order valence-corrected chi connectivity index (χ2v) is 8.98. The molecule has 0 aliphatic heterocycles. The number of aryl methyl sites for hydroxylation is 1. The Hall–Kier alpha value is -4.11. The minimum Gasteiger partial charge on any atom is -0.497 e. The zero-order chi connectivity index (χ0) is 23.6. The lowest BCUT2D eigenvalue weighted by Gasteiger charge is -2.10. The van der Waals surface area contributed by atoms with Crippen LogP contribution >= 0.6 is 0 Å². The first kappa shape index (κ1) is 22.1. The molecular weight excluding hydrogens is 444 g/mol. The van der Waals surface area contributed by atoms with Gasteiger partial charge in [-0.25, -0.2) is 13.2 Å². The first-order chi connectivity index (χ1) is 15.7. The summed E-state index contributed by atoms with van der Waals surface area (Å²) in [6.07, 6.45) is 0. The van der Waals surface area contributed by atoms with Crippen LogP contribution in [0.2, 0.25) is 0 Å². The molecule has 9 heteroatoms. The van der Waals surface area contributed by atoms with E-state index in [0.717, 1.165) is 5.56 Å². The Bertz CT molecular complexity index is 1490. The van der Waals surface area contributed by atoms with Gasteiger partial charge in [0.1, 0.15) is 16.9 Å². The lowest BCUT2D eigenvalue weighted by molar-refractivity contribution is 0.102. The molecule has 168 valence electrons. The molecule has 0 aliphatic rings. The van der Waals surface area contributed by atoms with Crippen molar-refractivity contribution >= 4 is 38.3 Å². The van der Waals surface area contributed by atoms with Crippen LogP contribution in [0.15, 0.2) is 86.9 Å². The van der Waals surface area contributed by atoms with Crippen molar-refractivity contribution in [3.8, 4) is 5.75 Å². The summed E-state index contributed by atoms with van der Waals surface area (Å²) in [6.45, 7) is 1.91. The van der Waals surface area contributed by atoms with Gasteiger partial charge >= 0.3 is 5.63 Å². The maximum atomic E-state index is 12.6. The van der Waals surface area contributed by atoms with E-state index in [1.54, 1.807) is 42.5 Å². The quantitative estimate of drug-likeness (QED) is 0.414. The Morgan fingerprint density at radius 3 is 2.24 bits per heavy atom. The van der Waals surface area contributed by atoms with Gasteiger partial charge in [-0.15, -0.1) is 0 Å². The lowest BCUT2D eigenvalue weighted by atomic mass is 10.1. The first-order valence-corrected chi connectivity index (χ1v) is 11.4. The number of methoxy groups -OCH3 is 1. The molecule has 0 atom stereocenters. The van der Waals surface area contributed by atoms with Crippen molar-refractivity contribution in [1.29, 1.82) is 0 Å². The second-order valence-electron chi connectivity index (χ2n) is 7.30. The van der Waals surface area contributed by atoms with Crippen LogP contribution in [0.5, 0.6) is 5.75 Å². The third-order valence-corrected chi connectivity index (χ3v) is 6.31. The largest absolute Gasteiger partial charge is 0.497 e. The van der Waals surface area contributed by atoms with Gasteiger partial charge in [-0.1, -0.05) is 17.7 Å². The van der Waals surface area contributed by atoms with E-state index in [0.29, 0.717) is 28.1 Å². The van der Waals surface area contributed by atoms with E-state index in [-0.39, 0.29) is 10.5 Å². The number of sulfonamides is 1. The van der Waals surface area contributed by atoms with E-state index in [1.807, 2.05) is 6.92 Å². The van der Waals surface area contributed by atoms with Gasteiger partial charge in [0.25, 0.3) is 15.9 Å². The summed E-state index contributed by atoms with van der Waals surface area (Å²) in [4.78, 5) is 24.9. The van der Waals surface area contributed by atoms with Crippen LogP contribution in [0.3, 0.4) is 0 Å². The highest BCUT2D eigenvalue weighted by molar-refractivity contribution is 7.92. The van der Waals surface area contributed by atoms with Crippen molar-refractivity contribution in [2.75, 3.05) is 17.1 Å². The Morgan fingerprint density at radius 1 is 0.909 bits per heavy atom. The topological polar surface area (TPSA) is 115 Å². The summed E-state index contributed by atoms with van der Waals surface area (Å²) in [5, 5.41) is 3.14. The molecule has 4 rings (SSSR count). The smallest absolute Gasteiger partial charge is 0.349 e. The van der Waals surface area contributed by atoms with Crippen molar-refractivity contribution in [2.24, 2.45) is 0 Å². The summed E-state index contributed by atoms with van der Waals surface area (Å²) in [7, 11) is -2.30. The molecule has 2 N–H and O–H groups in total. The number of benzene rings is 3. The number of hydrogen-bond acceptors (Lipinski definition) is 6. The third-order valence-electron chi connectivity index (χ3n) is 4.91. The maximum Gasteiger partial charge on any atom is 0.349 e. The summed E-state index contributed by atoms with van der Waals surface area (Å²) in [5.41, 5.74) is 1.10. The molecule has 0 unspecified atom stereocenters. The molecule has 1 heterocycles. The van der Waals surface area contributed by atoms with E-state index in [2.05, 4.69) is 10.0 Å². The molecule has 4 aromatic rings. The molecule has 0 bridgehead atoms. The van der Waals surface area contributed by atoms with Gasteiger partial charge in [0.15, 0.2) is 0 Å². The number of fused-ring (bicyclic) bond motifs is 1. The molecule has 33 heavy (non-hydrogen) atoms. The number of amides is 1. The monoisotopic (exact) mass is 464 g/mol. The number of nitrogens with one attached hydrogen (secondary N) is 2. The minimum absolute atomic E-state index is 0.0280. The highest BCUT2D eigenvalue weighted by Crippen LogP contribution is 2.22. The number of rotatable bonds is 6. The SMILES string of the molecule is COc1ccc2cc(C(=O)Nc3ccc(S(=O)(=O)Nc4ccc(C)cc4)cc3)c(=O)oc2c1. The molecule has 1 amide bonds. The van der Waals surface area contributed by atoms with Gasteiger partial charge < -0.3 is 14.5 Å². The van der Waals surface area contributed by atoms with Crippen molar-refractivity contribution in [1.82, 2.24) is 0 Å². The average Bonchev–Trinajstić information content (AvgIpc) is 2.80. The summed E-state index contributed by atoms with van der Waals surface area (Å²) < 4.78 is 38.0. The Morgan fingerprint density at radius 2 is 1.58 bits per heavy atom. The van der Waals surface area contributed by atoms with E-state index < -0.39 is 21.6 Å². The number of carbonyl (C=O) groups is 1. The fraction of sp³-hybridized carbons (Fsp3) is 0.0833. The van der Waals surface area contributed by atoms with E-state index >= 15 is 0 Å². The van der Waals surface area contributed by atoms with E-state index in [4.69, 9.17) is 9.15 Å². The number of hydrogen-bond donors (Lipinski definition) is 2. The van der Waals surface area contributed by atoms with Crippen LogP contribution in [-0.4, -0.2) is 21.4 Å². The first-order valence-electron chi connectivity index (χ1n) is 9.88. The van der Waals surface area contributed by atoms with Gasteiger partial charge in [-0.3, -0.25) is 9.52 Å². The molecule has 8 nitrogen and oxygen atoms in total. The zero-order valence-electron chi connectivity index (χ0n) is 17.8. The zero-order valence-corrected chi connectivity index (χ0v) is 18.6. The van der Waals surface area contributed by atoms with Crippen LogP contribution in [0.1, 0.15) is 15.9 Å². The third kappa shape index (κ3) is 4.88. The van der Waals surface area contributed by atoms with Gasteiger partial charge in [-0.05, 0) is 61.5 Å². The Balaban J connectivity index is 1.51. The standard InChI is InChI=1S/C24H20N2O6S/c1-15-3-6-18(7-4-15)26-33(29,30)20-11-8-17(9-12-20)25-23(27)21-13-16-5-10-19(31-2)14-22(16)32-24(21)28/h3-14,26H,1-2H3,(H,25,27). The van der Waals surface area contributed by atoms with Crippen LogP contribution < -0.4 is 20.4 Å². The van der Waals surface area contributed by atoms with Crippen molar-refractivity contribution in [3.63, 3.8) is 0 Å². The second kappa shape index (κ2) is 8.79.